The Bertz CT molecular complexity index is 456. The first kappa shape index (κ1) is 19.7. The second-order valence-corrected chi connectivity index (χ2v) is 8.00. The van der Waals surface area contributed by atoms with Gasteiger partial charge in [-0.15, -0.1) is 24.0 Å². The summed E-state index contributed by atoms with van der Waals surface area (Å²) in [5.74, 6) is 2.64. The van der Waals surface area contributed by atoms with E-state index in [-0.39, 0.29) is 24.0 Å². The molecule has 5 nitrogen and oxygen atoms in total. The van der Waals surface area contributed by atoms with Crippen molar-refractivity contribution in [3.63, 3.8) is 0 Å². The lowest BCUT2D eigenvalue weighted by atomic mass is 9.82. The average molecular weight is 462 g/mol. The molecule has 6 heteroatoms. The van der Waals surface area contributed by atoms with Crippen molar-refractivity contribution in [3.05, 3.63) is 0 Å². The number of piperidine rings is 1. The lowest BCUT2D eigenvalue weighted by molar-refractivity contribution is 0.0766. The van der Waals surface area contributed by atoms with Crippen LogP contribution in [-0.4, -0.2) is 73.3 Å². The van der Waals surface area contributed by atoms with E-state index in [0.717, 1.165) is 50.5 Å². The SMILES string of the molecule is CCNC(=NCC1CCCCN1CC)N1CC2C3CCC(O3)C2C1.I. The van der Waals surface area contributed by atoms with Gasteiger partial charge in [-0.3, -0.25) is 9.89 Å². The highest BCUT2D eigenvalue weighted by Gasteiger charge is 2.53. The summed E-state index contributed by atoms with van der Waals surface area (Å²) in [6.45, 7) is 11.1. The molecule has 4 aliphatic heterocycles. The van der Waals surface area contributed by atoms with E-state index in [1.54, 1.807) is 0 Å². The van der Waals surface area contributed by atoms with Gasteiger partial charge in [-0.25, -0.2) is 0 Å². The fraction of sp³-hybridized carbons (Fsp3) is 0.947. The normalized spacial score (nSPS) is 37.9. The molecule has 4 fully saturated rings. The number of hydrogen-bond acceptors (Lipinski definition) is 3. The number of rotatable bonds is 4. The van der Waals surface area contributed by atoms with Crippen molar-refractivity contribution in [2.75, 3.05) is 39.3 Å². The number of ether oxygens (including phenoxy) is 1. The molecule has 2 bridgehead atoms. The number of fused-ring (bicyclic) bond motifs is 5. The third-order valence-corrected chi connectivity index (χ3v) is 6.69. The molecule has 4 rings (SSSR count). The molecule has 5 unspecified atom stereocenters. The molecule has 0 spiro atoms. The number of hydrogen-bond donors (Lipinski definition) is 1. The van der Waals surface area contributed by atoms with E-state index >= 15 is 0 Å². The first-order valence-corrected chi connectivity index (χ1v) is 10.2. The highest BCUT2D eigenvalue weighted by molar-refractivity contribution is 14.0. The number of likely N-dealkylation sites (tertiary alicyclic amines) is 2. The zero-order valence-electron chi connectivity index (χ0n) is 15.8. The Morgan fingerprint density at radius 1 is 1.08 bits per heavy atom. The molecule has 1 N–H and O–H groups in total. The molecule has 5 atom stereocenters. The minimum atomic E-state index is 0. The van der Waals surface area contributed by atoms with Crippen LogP contribution in [0.25, 0.3) is 0 Å². The molecule has 25 heavy (non-hydrogen) atoms. The summed E-state index contributed by atoms with van der Waals surface area (Å²) < 4.78 is 6.12. The predicted molar refractivity (Wildman–Crippen MR) is 113 cm³/mol. The number of likely N-dealkylation sites (N-methyl/N-ethyl adjacent to an activating group) is 1. The van der Waals surface area contributed by atoms with Crippen molar-refractivity contribution in [1.82, 2.24) is 15.1 Å². The van der Waals surface area contributed by atoms with Crippen LogP contribution >= 0.6 is 24.0 Å². The maximum absolute atomic E-state index is 6.12. The number of aliphatic imine (C=N–C) groups is 1. The number of nitrogens with one attached hydrogen (secondary N) is 1. The van der Waals surface area contributed by atoms with Crippen LogP contribution in [0, 0.1) is 11.8 Å². The Hall–Kier alpha value is -0.0800. The van der Waals surface area contributed by atoms with Gasteiger partial charge in [0.1, 0.15) is 0 Å². The summed E-state index contributed by atoms with van der Waals surface area (Å²) in [4.78, 5) is 10.2. The minimum absolute atomic E-state index is 0. The lowest BCUT2D eigenvalue weighted by Gasteiger charge is -2.34. The topological polar surface area (TPSA) is 40.1 Å². The highest BCUT2D eigenvalue weighted by Crippen LogP contribution is 2.47. The second-order valence-electron chi connectivity index (χ2n) is 8.00. The molecular formula is C19H35IN4O. The summed E-state index contributed by atoms with van der Waals surface area (Å²) in [5, 5.41) is 3.55. The van der Waals surface area contributed by atoms with E-state index in [0.29, 0.717) is 18.2 Å². The molecule has 144 valence electrons. The fourth-order valence-corrected chi connectivity index (χ4v) is 5.43. The molecule has 4 heterocycles. The number of guanidine groups is 1. The van der Waals surface area contributed by atoms with Crippen molar-refractivity contribution in [2.24, 2.45) is 16.8 Å². The molecule has 0 saturated carbocycles. The quantitative estimate of drug-likeness (QED) is 0.396. The minimum Gasteiger partial charge on any atom is -0.374 e. The largest absolute Gasteiger partial charge is 0.374 e. The van der Waals surface area contributed by atoms with Crippen LogP contribution in [0.4, 0.5) is 0 Å². The van der Waals surface area contributed by atoms with Crippen molar-refractivity contribution >= 4 is 29.9 Å². The molecule has 0 aliphatic carbocycles. The zero-order chi connectivity index (χ0) is 16.5. The number of nitrogens with zero attached hydrogens (tertiary/aromatic N) is 3. The van der Waals surface area contributed by atoms with E-state index in [1.807, 2.05) is 0 Å². The zero-order valence-corrected chi connectivity index (χ0v) is 18.2. The van der Waals surface area contributed by atoms with Gasteiger partial charge in [0.05, 0.1) is 18.8 Å². The summed E-state index contributed by atoms with van der Waals surface area (Å²) in [6.07, 6.45) is 7.64. The van der Waals surface area contributed by atoms with Crippen LogP contribution in [0.3, 0.4) is 0 Å². The van der Waals surface area contributed by atoms with Gasteiger partial charge in [-0.1, -0.05) is 13.3 Å². The van der Waals surface area contributed by atoms with Crippen LogP contribution in [0.1, 0.15) is 46.0 Å². The third-order valence-electron chi connectivity index (χ3n) is 6.69. The molecule has 0 aromatic rings. The van der Waals surface area contributed by atoms with Gasteiger partial charge in [-0.2, -0.15) is 0 Å². The highest BCUT2D eigenvalue weighted by atomic mass is 127. The van der Waals surface area contributed by atoms with Gasteiger partial charge in [0, 0.05) is 37.5 Å². The Morgan fingerprint density at radius 3 is 2.44 bits per heavy atom. The molecular weight excluding hydrogens is 427 g/mol. The number of halogens is 1. The predicted octanol–water partition coefficient (Wildman–Crippen LogP) is 2.55. The van der Waals surface area contributed by atoms with E-state index in [4.69, 9.17) is 9.73 Å². The van der Waals surface area contributed by atoms with Crippen LogP contribution in [-0.2, 0) is 4.74 Å². The second kappa shape index (κ2) is 8.74. The Morgan fingerprint density at radius 2 is 1.80 bits per heavy atom. The Kier molecular flexibility index (Phi) is 6.88. The van der Waals surface area contributed by atoms with Crippen LogP contribution in [0.5, 0.6) is 0 Å². The van der Waals surface area contributed by atoms with E-state index in [9.17, 15) is 0 Å². The molecule has 0 amide bonds. The maximum Gasteiger partial charge on any atom is 0.193 e. The van der Waals surface area contributed by atoms with Gasteiger partial charge < -0.3 is 15.0 Å². The third kappa shape index (κ3) is 3.95. The summed E-state index contributed by atoms with van der Waals surface area (Å²) in [6, 6.07) is 0.638. The van der Waals surface area contributed by atoms with Gasteiger partial charge in [0.2, 0.25) is 0 Å². The smallest absolute Gasteiger partial charge is 0.193 e. The van der Waals surface area contributed by atoms with Gasteiger partial charge in [-0.05, 0) is 45.7 Å². The van der Waals surface area contributed by atoms with E-state index in [2.05, 4.69) is 29.0 Å². The van der Waals surface area contributed by atoms with Crippen molar-refractivity contribution < 1.29 is 4.74 Å². The van der Waals surface area contributed by atoms with Crippen LogP contribution < -0.4 is 5.32 Å². The standard InChI is InChI=1S/C19H34N4O.HI/c1-3-20-19(21-11-14-7-5-6-10-22(14)4-2)23-12-15-16(13-23)18-9-8-17(15)24-18;/h14-18H,3-13H2,1-2H3,(H,20,21);1H. The molecule has 0 radical (unpaired) electrons. The van der Waals surface area contributed by atoms with Crippen molar-refractivity contribution in [2.45, 2.75) is 64.2 Å². The van der Waals surface area contributed by atoms with Gasteiger partial charge >= 0.3 is 0 Å². The lowest BCUT2D eigenvalue weighted by Crippen LogP contribution is -2.44. The van der Waals surface area contributed by atoms with Crippen LogP contribution in [0.15, 0.2) is 4.99 Å². The van der Waals surface area contributed by atoms with Gasteiger partial charge in [0.15, 0.2) is 5.96 Å². The Labute approximate surface area is 170 Å². The Balaban J connectivity index is 0.00000182. The van der Waals surface area contributed by atoms with E-state index < -0.39 is 0 Å². The molecule has 4 saturated heterocycles. The summed E-state index contributed by atoms with van der Waals surface area (Å²) in [5.41, 5.74) is 0. The average Bonchev–Trinajstić information content (AvgIpc) is 3.31. The van der Waals surface area contributed by atoms with Gasteiger partial charge in [0.25, 0.3) is 0 Å². The molecule has 0 aromatic heterocycles. The monoisotopic (exact) mass is 462 g/mol. The van der Waals surface area contributed by atoms with E-state index in [1.165, 1.54) is 38.6 Å². The summed E-state index contributed by atoms with van der Waals surface area (Å²) >= 11 is 0. The van der Waals surface area contributed by atoms with Crippen molar-refractivity contribution in [1.29, 1.82) is 0 Å². The molecule has 0 aromatic carbocycles. The molecule has 4 aliphatic rings. The fourth-order valence-electron chi connectivity index (χ4n) is 5.43. The summed E-state index contributed by atoms with van der Waals surface area (Å²) in [7, 11) is 0. The van der Waals surface area contributed by atoms with Crippen LogP contribution in [0.2, 0.25) is 0 Å². The maximum atomic E-state index is 6.12. The first-order chi connectivity index (χ1) is 11.8. The first-order valence-electron chi connectivity index (χ1n) is 10.2. The van der Waals surface area contributed by atoms with Crippen molar-refractivity contribution in [3.8, 4) is 0 Å².